The highest BCUT2D eigenvalue weighted by Crippen LogP contribution is 2.47. The quantitative estimate of drug-likeness (QED) is 0.273. The van der Waals surface area contributed by atoms with Crippen LogP contribution in [-0.2, 0) is 0 Å². The summed E-state index contributed by atoms with van der Waals surface area (Å²) in [6, 6.07) is 21.9. The molecule has 184 valence electrons. The minimum absolute atomic E-state index is 0.164. The standard InChI is InChI=1S/C28H27BrN4O2S/c1-17-15-20(18(2)32(17)23-11-6-5-9-21(23)29)27-26(22-10-7-8-14-30-22)31-28(36)33(27)24-16-19(34-3)12-13-25(24)35-4/h5-16,26-27H,1-4H3,(H,31,36)/t26-,27-/m0/s1. The Kier molecular flexibility index (Phi) is 6.73. The van der Waals surface area contributed by atoms with Gasteiger partial charge in [-0.1, -0.05) is 18.2 Å². The molecule has 0 amide bonds. The Morgan fingerprint density at radius 3 is 2.42 bits per heavy atom. The number of ether oxygens (including phenoxy) is 2. The Balaban J connectivity index is 1.73. The fraction of sp³-hybridized carbons (Fsp3) is 0.214. The lowest BCUT2D eigenvalue weighted by molar-refractivity contribution is 0.403. The number of hydrogen-bond acceptors (Lipinski definition) is 4. The summed E-state index contributed by atoms with van der Waals surface area (Å²) >= 11 is 9.67. The van der Waals surface area contributed by atoms with E-state index in [1.165, 1.54) is 0 Å². The summed E-state index contributed by atoms with van der Waals surface area (Å²) in [6.45, 7) is 4.28. The van der Waals surface area contributed by atoms with Gasteiger partial charge in [0, 0.05) is 28.1 Å². The van der Waals surface area contributed by atoms with Crippen molar-refractivity contribution < 1.29 is 9.47 Å². The highest BCUT2D eigenvalue weighted by atomic mass is 79.9. The fourth-order valence-electron chi connectivity index (χ4n) is 5.01. The number of halogens is 1. The van der Waals surface area contributed by atoms with E-state index in [9.17, 15) is 0 Å². The highest BCUT2D eigenvalue weighted by molar-refractivity contribution is 9.10. The topological polar surface area (TPSA) is 51.6 Å². The lowest BCUT2D eigenvalue weighted by Crippen LogP contribution is -2.30. The molecule has 1 aliphatic heterocycles. The number of hydrogen-bond donors (Lipinski definition) is 1. The van der Waals surface area contributed by atoms with Gasteiger partial charge in [-0.05, 0) is 90.0 Å². The molecule has 0 aliphatic carbocycles. The first-order valence-corrected chi connectivity index (χ1v) is 12.8. The summed E-state index contributed by atoms with van der Waals surface area (Å²) in [5, 5.41) is 4.15. The van der Waals surface area contributed by atoms with Gasteiger partial charge in [-0.3, -0.25) is 4.98 Å². The van der Waals surface area contributed by atoms with E-state index >= 15 is 0 Å². The molecule has 0 unspecified atom stereocenters. The molecular formula is C28H27BrN4O2S. The van der Waals surface area contributed by atoms with Crippen LogP contribution in [0.3, 0.4) is 0 Å². The zero-order chi connectivity index (χ0) is 25.4. The number of para-hydroxylation sites is 1. The summed E-state index contributed by atoms with van der Waals surface area (Å²) in [6.07, 6.45) is 1.82. The zero-order valence-corrected chi connectivity index (χ0v) is 22.9. The molecule has 0 spiro atoms. The third kappa shape index (κ3) is 4.14. The van der Waals surface area contributed by atoms with E-state index in [0.29, 0.717) is 10.9 Å². The van der Waals surface area contributed by atoms with Gasteiger partial charge in [0.2, 0.25) is 0 Å². The highest BCUT2D eigenvalue weighted by Gasteiger charge is 2.43. The Hall–Kier alpha value is -3.36. The number of methoxy groups -OCH3 is 2. The first-order chi connectivity index (χ1) is 17.4. The number of thiocarbonyl (C=S) groups is 1. The van der Waals surface area contributed by atoms with E-state index in [-0.39, 0.29) is 12.1 Å². The summed E-state index contributed by atoms with van der Waals surface area (Å²) in [5.41, 5.74) is 6.25. The molecule has 1 aliphatic rings. The van der Waals surface area contributed by atoms with Crippen molar-refractivity contribution in [3.8, 4) is 17.2 Å². The van der Waals surface area contributed by atoms with Gasteiger partial charge >= 0.3 is 0 Å². The minimum Gasteiger partial charge on any atom is -0.497 e. The van der Waals surface area contributed by atoms with E-state index in [1.54, 1.807) is 14.2 Å². The summed E-state index contributed by atoms with van der Waals surface area (Å²) in [4.78, 5) is 6.81. The van der Waals surface area contributed by atoms with Crippen LogP contribution in [0.4, 0.5) is 5.69 Å². The summed E-state index contributed by atoms with van der Waals surface area (Å²) in [5.74, 6) is 1.44. The van der Waals surface area contributed by atoms with E-state index in [0.717, 1.165) is 44.2 Å². The van der Waals surface area contributed by atoms with E-state index in [2.05, 4.69) is 73.8 Å². The van der Waals surface area contributed by atoms with Gasteiger partial charge in [0.25, 0.3) is 0 Å². The maximum atomic E-state index is 5.94. The number of aromatic nitrogens is 2. The lowest BCUT2D eigenvalue weighted by atomic mass is 9.96. The predicted molar refractivity (Wildman–Crippen MR) is 150 cm³/mol. The molecule has 36 heavy (non-hydrogen) atoms. The molecule has 5 rings (SSSR count). The molecule has 8 heteroatoms. The number of anilines is 1. The molecule has 1 saturated heterocycles. The molecule has 2 atom stereocenters. The van der Waals surface area contributed by atoms with Crippen molar-refractivity contribution in [1.82, 2.24) is 14.9 Å². The molecule has 0 bridgehead atoms. The van der Waals surface area contributed by atoms with Gasteiger partial charge in [-0.2, -0.15) is 0 Å². The number of benzene rings is 2. The second kappa shape index (κ2) is 9.95. The largest absolute Gasteiger partial charge is 0.497 e. The lowest BCUT2D eigenvalue weighted by Gasteiger charge is -2.29. The Morgan fingerprint density at radius 2 is 1.72 bits per heavy atom. The maximum Gasteiger partial charge on any atom is 0.174 e. The SMILES string of the molecule is COc1ccc(OC)c(N2C(=S)N[C@@H](c3ccccn3)[C@@H]2c2cc(C)n(-c3ccccc3Br)c2C)c1. The average molecular weight is 564 g/mol. The fourth-order valence-corrected chi connectivity index (χ4v) is 5.81. The summed E-state index contributed by atoms with van der Waals surface area (Å²) in [7, 11) is 3.33. The van der Waals surface area contributed by atoms with Gasteiger partial charge < -0.3 is 24.3 Å². The first-order valence-electron chi connectivity index (χ1n) is 11.6. The third-order valence-electron chi connectivity index (χ3n) is 6.63. The minimum atomic E-state index is -0.171. The molecule has 1 fully saturated rings. The van der Waals surface area contributed by atoms with Crippen LogP contribution in [-0.4, -0.2) is 28.9 Å². The van der Waals surface area contributed by atoms with Crippen molar-refractivity contribution in [3.63, 3.8) is 0 Å². The average Bonchev–Trinajstić information content (AvgIpc) is 3.39. The molecular weight excluding hydrogens is 536 g/mol. The number of nitrogens with zero attached hydrogens (tertiary/aromatic N) is 3. The van der Waals surface area contributed by atoms with Crippen molar-refractivity contribution in [1.29, 1.82) is 0 Å². The Morgan fingerprint density at radius 1 is 0.944 bits per heavy atom. The Bertz CT molecular complexity index is 1420. The van der Waals surface area contributed by atoms with E-state index in [1.807, 2.05) is 48.7 Å². The second-order valence-electron chi connectivity index (χ2n) is 8.65. The van der Waals surface area contributed by atoms with Crippen LogP contribution in [0.1, 0.15) is 34.7 Å². The second-order valence-corrected chi connectivity index (χ2v) is 9.89. The smallest absolute Gasteiger partial charge is 0.174 e. The monoisotopic (exact) mass is 562 g/mol. The molecule has 2 aromatic heterocycles. The van der Waals surface area contributed by atoms with Crippen molar-refractivity contribution in [2.24, 2.45) is 0 Å². The van der Waals surface area contributed by atoms with Gasteiger partial charge in [0.15, 0.2) is 5.11 Å². The molecule has 2 aromatic carbocycles. The van der Waals surface area contributed by atoms with E-state index < -0.39 is 0 Å². The van der Waals surface area contributed by atoms with Crippen molar-refractivity contribution >= 4 is 38.9 Å². The number of rotatable bonds is 6. The van der Waals surface area contributed by atoms with Crippen LogP contribution in [0, 0.1) is 13.8 Å². The van der Waals surface area contributed by atoms with Crippen molar-refractivity contribution in [2.45, 2.75) is 25.9 Å². The predicted octanol–water partition coefficient (Wildman–Crippen LogP) is 6.45. The van der Waals surface area contributed by atoms with Crippen LogP contribution in [0.2, 0.25) is 0 Å². The molecule has 0 radical (unpaired) electrons. The molecule has 6 nitrogen and oxygen atoms in total. The van der Waals surface area contributed by atoms with Crippen LogP contribution >= 0.6 is 28.1 Å². The Labute approximate surface area is 225 Å². The molecule has 0 saturated carbocycles. The third-order valence-corrected chi connectivity index (χ3v) is 7.61. The van der Waals surface area contributed by atoms with Gasteiger partial charge in [0.05, 0.1) is 43.4 Å². The molecule has 4 aromatic rings. The molecule has 3 heterocycles. The first kappa shape index (κ1) is 24.3. The zero-order valence-electron chi connectivity index (χ0n) is 20.5. The van der Waals surface area contributed by atoms with Crippen LogP contribution < -0.4 is 19.7 Å². The van der Waals surface area contributed by atoms with Crippen LogP contribution in [0.25, 0.3) is 5.69 Å². The van der Waals surface area contributed by atoms with Crippen molar-refractivity contribution in [3.05, 3.63) is 100 Å². The van der Waals surface area contributed by atoms with Crippen LogP contribution in [0.15, 0.2) is 77.4 Å². The van der Waals surface area contributed by atoms with Gasteiger partial charge in [-0.15, -0.1) is 0 Å². The van der Waals surface area contributed by atoms with E-state index in [4.69, 9.17) is 21.7 Å². The van der Waals surface area contributed by atoms with Gasteiger partial charge in [0.1, 0.15) is 11.5 Å². The molecule has 1 N–H and O–H groups in total. The van der Waals surface area contributed by atoms with Crippen molar-refractivity contribution in [2.75, 3.05) is 19.1 Å². The van der Waals surface area contributed by atoms with Gasteiger partial charge in [-0.25, -0.2) is 0 Å². The van der Waals surface area contributed by atoms with Crippen LogP contribution in [0.5, 0.6) is 11.5 Å². The maximum absolute atomic E-state index is 5.94. The summed E-state index contributed by atoms with van der Waals surface area (Å²) < 4.78 is 14.6. The number of aryl methyl sites for hydroxylation is 1. The number of nitrogens with one attached hydrogen (secondary N) is 1. The normalized spacial score (nSPS) is 17.2. The number of pyridine rings is 1.